The maximum atomic E-state index is 13.1. The number of ether oxygens (including phenoxy) is 2. The van der Waals surface area contributed by atoms with Crippen molar-refractivity contribution in [2.75, 3.05) is 32.2 Å². The van der Waals surface area contributed by atoms with Crippen molar-refractivity contribution in [2.24, 2.45) is 4.58 Å². The van der Waals surface area contributed by atoms with Crippen LogP contribution in [0.1, 0.15) is 39.0 Å². The molecule has 50 heavy (non-hydrogen) atoms. The van der Waals surface area contributed by atoms with Gasteiger partial charge in [0.25, 0.3) is 0 Å². The zero-order valence-corrected chi connectivity index (χ0v) is 30.0. The predicted octanol–water partition coefficient (Wildman–Crippen LogP) is 3.17. The van der Waals surface area contributed by atoms with Crippen molar-refractivity contribution in [3.8, 4) is 0 Å². The molecule has 0 fully saturated rings. The summed E-state index contributed by atoms with van der Waals surface area (Å²) in [6.07, 6.45) is 2.00. The van der Waals surface area contributed by atoms with Crippen LogP contribution in [0.4, 0.5) is 0 Å². The number of methoxy groups -OCH3 is 1. The van der Waals surface area contributed by atoms with Gasteiger partial charge in [0, 0.05) is 35.1 Å². The topological polar surface area (TPSA) is 169 Å². The van der Waals surface area contributed by atoms with Crippen molar-refractivity contribution in [1.82, 2.24) is 16.0 Å². The Morgan fingerprint density at radius 2 is 1.28 bits per heavy atom. The third kappa shape index (κ3) is 12.1. The van der Waals surface area contributed by atoms with Gasteiger partial charge in [-0.2, -0.15) is 0 Å². The summed E-state index contributed by atoms with van der Waals surface area (Å²) in [5.74, 6) is -3.22. The van der Waals surface area contributed by atoms with E-state index in [4.69, 9.17) is 4.74 Å². The van der Waals surface area contributed by atoms with Gasteiger partial charge in [-0.3, -0.25) is 19.2 Å². The van der Waals surface area contributed by atoms with Gasteiger partial charge in [0.1, 0.15) is 41.8 Å². The number of hydrogen-bond acceptors (Lipinski definition) is 10. The van der Waals surface area contributed by atoms with E-state index in [-0.39, 0.29) is 37.5 Å². The summed E-state index contributed by atoms with van der Waals surface area (Å²) in [5, 5.41) is 11.3. The molecular formula is C36H44N4O8PS+. The SMILES string of the molecule is CCOC(=O)C(CCC(=O)NC(CSN=O)C(=O)NCC(=O)OC)NC(=O)CCCC[P+](c1ccccc1)(c1ccccc1)c1ccccc1. The summed E-state index contributed by atoms with van der Waals surface area (Å²) >= 11 is 0.526. The van der Waals surface area contributed by atoms with Crippen LogP contribution in [0.25, 0.3) is 0 Å². The van der Waals surface area contributed by atoms with Crippen molar-refractivity contribution in [1.29, 1.82) is 0 Å². The van der Waals surface area contributed by atoms with E-state index in [0.717, 1.165) is 19.7 Å². The van der Waals surface area contributed by atoms with Gasteiger partial charge >= 0.3 is 11.9 Å². The number of esters is 2. The van der Waals surface area contributed by atoms with Crippen LogP contribution < -0.4 is 31.9 Å². The van der Waals surface area contributed by atoms with E-state index in [1.807, 2.05) is 18.2 Å². The number of nitrogens with zero attached hydrogens (tertiary/aromatic N) is 1. The molecule has 266 valence electrons. The van der Waals surface area contributed by atoms with Gasteiger partial charge in [-0.05, 0) is 62.6 Å². The zero-order chi connectivity index (χ0) is 36.2. The predicted molar refractivity (Wildman–Crippen MR) is 197 cm³/mol. The Labute approximate surface area is 297 Å². The summed E-state index contributed by atoms with van der Waals surface area (Å²) in [6.45, 7) is 1.30. The van der Waals surface area contributed by atoms with E-state index in [1.165, 1.54) is 15.9 Å². The van der Waals surface area contributed by atoms with Crippen molar-refractivity contribution in [2.45, 2.75) is 51.1 Å². The van der Waals surface area contributed by atoms with E-state index in [0.29, 0.717) is 18.4 Å². The van der Waals surface area contributed by atoms with Crippen molar-refractivity contribution >= 4 is 64.8 Å². The molecule has 3 N–H and O–H groups in total. The van der Waals surface area contributed by atoms with E-state index in [1.54, 1.807) is 6.92 Å². The normalized spacial score (nSPS) is 12.1. The molecule has 0 saturated heterocycles. The van der Waals surface area contributed by atoms with E-state index in [2.05, 4.69) is 98.1 Å². The minimum Gasteiger partial charge on any atom is -0.468 e. The van der Waals surface area contributed by atoms with E-state index >= 15 is 0 Å². The lowest BCUT2D eigenvalue weighted by Crippen LogP contribution is -2.50. The molecule has 0 bridgehead atoms. The van der Waals surface area contributed by atoms with Gasteiger partial charge in [0.15, 0.2) is 0 Å². The first-order valence-electron chi connectivity index (χ1n) is 16.3. The van der Waals surface area contributed by atoms with Crippen LogP contribution >= 0.6 is 19.2 Å². The number of hydrogen-bond donors (Lipinski definition) is 3. The summed E-state index contributed by atoms with van der Waals surface area (Å²) in [6, 6.07) is 29.2. The van der Waals surface area contributed by atoms with E-state index < -0.39 is 49.6 Å². The second kappa shape index (κ2) is 21.5. The quantitative estimate of drug-likeness (QED) is 0.0492. The van der Waals surface area contributed by atoms with E-state index in [9.17, 15) is 28.9 Å². The molecule has 3 rings (SSSR count). The molecule has 0 heterocycles. The summed E-state index contributed by atoms with van der Waals surface area (Å²) in [7, 11) is -0.890. The van der Waals surface area contributed by atoms with Crippen molar-refractivity contribution < 1.29 is 33.4 Å². The van der Waals surface area contributed by atoms with Gasteiger partial charge in [-0.15, -0.1) is 4.91 Å². The first-order chi connectivity index (χ1) is 24.2. The highest BCUT2D eigenvalue weighted by Gasteiger charge is 2.44. The number of carbonyl (C=O) groups excluding carboxylic acids is 5. The number of carbonyl (C=O) groups is 5. The number of benzene rings is 3. The Morgan fingerprint density at radius 3 is 1.78 bits per heavy atom. The highest BCUT2D eigenvalue weighted by atomic mass is 32.2. The molecule has 0 aliphatic carbocycles. The lowest BCUT2D eigenvalue weighted by Gasteiger charge is -2.27. The first kappa shape index (κ1) is 39.8. The van der Waals surface area contributed by atoms with Gasteiger partial charge in [-0.25, -0.2) is 4.79 Å². The molecule has 0 saturated carbocycles. The molecule has 0 spiro atoms. The molecule has 3 aromatic rings. The van der Waals surface area contributed by atoms with Crippen LogP contribution in [0.15, 0.2) is 95.6 Å². The summed E-state index contributed by atoms with van der Waals surface area (Å²) < 4.78 is 12.3. The maximum Gasteiger partial charge on any atom is 0.328 e. The molecule has 2 unspecified atom stereocenters. The molecule has 12 nitrogen and oxygen atoms in total. The average molecular weight is 724 g/mol. The Morgan fingerprint density at radius 1 is 0.760 bits per heavy atom. The van der Waals surface area contributed by atoms with Crippen LogP contribution in [-0.2, 0) is 33.4 Å². The van der Waals surface area contributed by atoms with Crippen molar-refractivity contribution in [3.05, 3.63) is 95.9 Å². The van der Waals surface area contributed by atoms with Crippen LogP contribution in [0.2, 0.25) is 0 Å². The molecular weight excluding hydrogens is 679 g/mol. The first-order valence-corrected chi connectivity index (χ1v) is 19.3. The lowest BCUT2D eigenvalue weighted by molar-refractivity contribution is -0.147. The largest absolute Gasteiger partial charge is 0.468 e. The number of nitroso groups, excluding NO2 is 1. The highest BCUT2D eigenvalue weighted by molar-refractivity contribution is 7.98. The fourth-order valence-corrected chi connectivity index (χ4v) is 10.3. The highest BCUT2D eigenvalue weighted by Crippen LogP contribution is 2.55. The smallest absolute Gasteiger partial charge is 0.328 e. The Balaban J connectivity index is 1.64. The number of amides is 3. The minimum absolute atomic E-state index is 0.0833. The number of rotatable bonds is 21. The van der Waals surface area contributed by atoms with Gasteiger partial charge in [0.2, 0.25) is 17.7 Å². The van der Waals surface area contributed by atoms with Gasteiger partial charge < -0.3 is 25.4 Å². The third-order valence-electron chi connectivity index (χ3n) is 7.88. The maximum absolute atomic E-state index is 13.1. The van der Waals surface area contributed by atoms with Gasteiger partial charge in [0.05, 0.1) is 19.9 Å². The second-order valence-electron chi connectivity index (χ2n) is 11.2. The molecule has 14 heteroatoms. The standard InChI is InChI=1S/C36H43N4O8PS/c1-3-48-36(45)30(22-23-33(42)39-31(26-50-40-46)35(44)37-25-34(43)47-2)38-32(41)21-13-14-24-49(27-15-7-4-8-16-27,28-17-9-5-10-18-28)29-19-11-6-12-20-29/h4-12,15-20,30-31H,3,13-14,21-26H2,1-2H3,(H2-,37,38,39,41,42,44)/p+1. The fourth-order valence-electron chi connectivity index (χ4n) is 5.46. The summed E-state index contributed by atoms with van der Waals surface area (Å²) in [5.41, 5.74) is 0. The van der Waals surface area contributed by atoms with Gasteiger partial charge in [-0.1, -0.05) is 54.6 Å². The molecule has 0 aromatic heterocycles. The Hall–Kier alpha value is -4.61. The average Bonchev–Trinajstić information content (AvgIpc) is 3.15. The van der Waals surface area contributed by atoms with Crippen LogP contribution in [0.3, 0.4) is 0 Å². The minimum atomic E-state index is -2.05. The zero-order valence-electron chi connectivity index (χ0n) is 28.2. The van der Waals surface area contributed by atoms with Crippen LogP contribution in [-0.4, -0.2) is 73.9 Å². The Bertz CT molecular complexity index is 1450. The second-order valence-corrected chi connectivity index (χ2v) is 15.5. The molecule has 0 radical (unpaired) electrons. The molecule has 0 aliphatic rings. The third-order valence-corrected chi connectivity index (χ3v) is 13.0. The van der Waals surface area contributed by atoms with Crippen LogP contribution in [0.5, 0.6) is 0 Å². The fraction of sp³-hybridized carbons (Fsp3) is 0.361. The lowest BCUT2D eigenvalue weighted by atomic mass is 10.1. The number of nitrogens with one attached hydrogen (secondary N) is 3. The van der Waals surface area contributed by atoms with Crippen LogP contribution in [0, 0.1) is 4.91 Å². The Kier molecular flexibility index (Phi) is 17.1. The summed E-state index contributed by atoms with van der Waals surface area (Å²) in [4.78, 5) is 73.2. The molecule has 2 atom stereocenters. The number of unbranched alkanes of at least 4 members (excludes halogenated alkanes) is 1. The molecule has 3 amide bonds. The molecule has 3 aromatic carbocycles. The van der Waals surface area contributed by atoms with Crippen molar-refractivity contribution in [3.63, 3.8) is 0 Å². The molecule has 0 aliphatic heterocycles. The monoisotopic (exact) mass is 723 g/mol.